The van der Waals surface area contributed by atoms with Gasteiger partial charge in [0.1, 0.15) is 0 Å². The van der Waals surface area contributed by atoms with E-state index in [9.17, 15) is 13.2 Å². The third-order valence-electron chi connectivity index (χ3n) is 3.33. The van der Waals surface area contributed by atoms with Crippen LogP contribution in [0.2, 0.25) is 0 Å². The fourth-order valence-electron chi connectivity index (χ4n) is 2.63. The van der Waals surface area contributed by atoms with E-state index in [0.29, 0.717) is 5.82 Å². The lowest BCUT2D eigenvalue weighted by Crippen LogP contribution is -2.14. The lowest BCUT2D eigenvalue weighted by atomic mass is 9.85. The summed E-state index contributed by atoms with van der Waals surface area (Å²) >= 11 is 0. The summed E-state index contributed by atoms with van der Waals surface area (Å²) in [4.78, 5) is 3.89. The van der Waals surface area contributed by atoms with Crippen molar-refractivity contribution in [1.82, 2.24) is 14.8 Å². The molecule has 0 aliphatic carbocycles. The van der Waals surface area contributed by atoms with E-state index in [-0.39, 0.29) is 5.41 Å². The second-order valence-corrected chi connectivity index (χ2v) is 6.11. The zero-order valence-electron chi connectivity index (χ0n) is 12.7. The van der Waals surface area contributed by atoms with Crippen molar-refractivity contribution in [1.29, 1.82) is 0 Å². The number of aromatic nitrogens is 3. The van der Waals surface area contributed by atoms with Gasteiger partial charge in [-0.2, -0.15) is 18.3 Å². The Morgan fingerprint density at radius 3 is 2.05 bits per heavy atom. The molecule has 0 spiro atoms. The first kappa shape index (κ1) is 15.5. The quantitative estimate of drug-likeness (QED) is 0.789. The molecule has 0 aliphatic heterocycles. The zero-order valence-corrected chi connectivity index (χ0v) is 12.7. The lowest BCUT2D eigenvalue weighted by molar-refractivity contribution is -0.137. The molecule has 2 heterocycles. The SMILES string of the molecule is Cc1nn(-c2ccc(C(F)(F)F)cn2)c(C)c1C(C)(C)C. The molecular formula is C15H18F3N3. The lowest BCUT2D eigenvalue weighted by Gasteiger charge is -2.19. The average molecular weight is 297 g/mol. The van der Waals surface area contributed by atoms with E-state index >= 15 is 0 Å². The monoisotopic (exact) mass is 297 g/mol. The Kier molecular flexibility index (Phi) is 3.59. The van der Waals surface area contributed by atoms with Gasteiger partial charge < -0.3 is 0 Å². The van der Waals surface area contributed by atoms with Crippen LogP contribution in [0.3, 0.4) is 0 Å². The van der Waals surface area contributed by atoms with Crippen LogP contribution in [0.15, 0.2) is 18.3 Å². The van der Waals surface area contributed by atoms with Crippen LogP contribution in [0.5, 0.6) is 0 Å². The van der Waals surface area contributed by atoms with Gasteiger partial charge in [-0.3, -0.25) is 0 Å². The Hall–Kier alpha value is -1.85. The van der Waals surface area contributed by atoms with E-state index in [2.05, 4.69) is 30.9 Å². The number of pyridine rings is 1. The first-order valence-electron chi connectivity index (χ1n) is 6.62. The highest BCUT2D eigenvalue weighted by Gasteiger charge is 2.31. The van der Waals surface area contributed by atoms with Gasteiger partial charge in [0.05, 0.1) is 11.3 Å². The number of aryl methyl sites for hydroxylation is 1. The molecule has 0 aromatic carbocycles. The summed E-state index contributed by atoms with van der Waals surface area (Å²) in [5.41, 5.74) is 2.00. The van der Waals surface area contributed by atoms with E-state index in [1.807, 2.05) is 13.8 Å². The second kappa shape index (κ2) is 4.86. The van der Waals surface area contributed by atoms with E-state index in [0.717, 1.165) is 29.2 Å². The van der Waals surface area contributed by atoms with Crippen molar-refractivity contribution in [2.75, 3.05) is 0 Å². The van der Waals surface area contributed by atoms with Crippen LogP contribution >= 0.6 is 0 Å². The molecule has 2 rings (SSSR count). The molecule has 0 bridgehead atoms. The fourth-order valence-corrected chi connectivity index (χ4v) is 2.63. The normalized spacial score (nSPS) is 12.8. The van der Waals surface area contributed by atoms with Crippen molar-refractivity contribution in [2.45, 2.75) is 46.2 Å². The van der Waals surface area contributed by atoms with Crippen LogP contribution in [-0.4, -0.2) is 14.8 Å². The molecular weight excluding hydrogens is 279 g/mol. The Balaban J connectivity index is 2.49. The maximum Gasteiger partial charge on any atom is 0.417 e. The summed E-state index contributed by atoms with van der Waals surface area (Å²) in [6, 6.07) is 2.37. The maximum atomic E-state index is 12.6. The predicted octanol–water partition coefficient (Wildman–Crippen LogP) is 4.20. The van der Waals surface area contributed by atoms with Gasteiger partial charge in [-0.15, -0.1) is 0 Å². The average Bonchev–Trinajstić information content (AvgIpc) is 2.63. The van der Waals surface area contributed by atoms with Crippen LogP contribution in [-0.2, 0) is 11.6 Å². The molecule has 114 valence electrons. The molecule has 0 saturated carbocycles. The zero-order chi connectivity index (χ0) is 16.0. The molecule has 6 heteroatoms. The van der Waals surface area contributed by atoms with Gasteiger partial charge in [-0.05, 0) is 31.4 Å². The minimum Gasteiger partial charge on any atom is -0.236 e. The molecule has 0 saturated heterocycles. The van der Waals surface area contributed by atoms with E-state index in [1.54, 1.807) is 4.68 Å². The third-order valence-corrected chi connectivity index (χ3v) is 3.33. The summed E-state index contributed by atoms with van der Waals surface area (Å²) in [6.45, 7) is 10.0. The highest BCUT2D eigenvalue weighted by atomic mass is 19.4. The Morgan fingerprint density at radius 2 is 1.67 bits per heavy atom. The van der Waals surface area contributed by atoms with Gasteiger partial charge in [0.2, 0.25) is 0 Å². The molecule has 0 aliphatic rings. The molecule has 2 aromatic heterocycles. The third kappa shape index (κ3) is 2.94. The summed E-state index contributed by atoms with van der Waals surface area (Å²) in [5, 5.41) is 4.41. The Labute approximate surface area is 121 Å². The minimum atomic E-state index is -4.38. The van der Waals surface area contributed by atoms with Crippen LogP contribution in [0.4, 0.5) is 13.2 Å². The van der Waals surface area contributed by atoms with Crippen molar-refractivity contribution < 1.29 is 13.2 Å². The topological polar surface area (TPSA) is 30.7 Å². The molecule has 21 heavy (non-hydrogen) atoms. The maximum absolute atomic E-state index is 12.6. The molecule has 3 nitrogen and oxygen atoms in total. The van der Waals surface area contributed by atoms with Crippen molar-refractivity contribution in [3.63, 3.8) is 0 Å². The molecule has 0 atom stereocenters. The number of hydrogen-bond donors (Lipinski definition) is 0. The van der Waals surface area contributed by atoms with Crippen LogP contribution in [0, 0.1) is 13.8 Å². The molecule has 0 fully saturated rings. The van der Waals surface area contributed by atoms with Gasteiger partial charge in [0.25, 0.3) is 0 Å². The first-order valence-corrected chi connectivity index (χ1v) is 6.62. The van der Waals surface area contributed by atoms with Crippen molar-refractivity contribution in [3.8, 4) is 5.82 Å². The molecule has 0 amide bonds. The minimum absolute atomic E-state index is 0.0850. The number of alkyl halides is 3. The van der Waals surface area contributed by atoms with Gasteiger partial charge in [-0.25, -0.2) is 9.67 Å². The second-order valence-electron chi connectivity index (χ2n) is 6.11. The molecule has 0 N–H and O–H groups in total. The number of rotatable bonds is 1. The van der Waals surface area contributed by atoms with Gasteiger partial charge in [0.15, 0.2) is 5.82 Å². The van der Waals surface area contributed by atoms with E-state index in [1.165, 1.54) is 6.07 Å². The first-order chi connectivity index (χ1) is 9.51. The van der Waals surface area contributed by atoms with Crippen LogP contribution in [0.25, 0.3) is 5.82 Å². The number of hydrogen-bond acceptors (Lipinski definition) is 2. The van der Waals surface area contributed by atoms with Gasteiger partial charge in [0, 0.05) is 17.5 Å². The largest absolute Gasteiger partial charge is 0.417 e. The highest BCUT2D eigenvalue weighted by Crippen LogP contribution is 2.31. The van der Waals surface area contributed by atoms with Gasteiger partial charge >= 0.3 is 6.18 Å². The van der Waals surface area contributed by atoms with Crippen molar-refractivity contribution in [3.05, 3.63) is 40.8 Å². The number of halogens is 3. The summed E-state index contributed by atoms with van der Waals surface area (Å²) in [6.07, 6.45) is -3.54. The van der Waals surface area contributed by atoms with Crippen LogP contribution in [0.1, 0.15) is 43.3 Å². The molecule has 2 aromatic rings. The summed E-state index contributed by atoms with van der Waals surface area (Å²) in [5.74, 6) is 0.388. The Bertz CT molecular complexity index is 647. The van der Waals surface area contributed by atoms with E-state index in [4.69, 9.17) is 0 Å². The van der Waals surface area contributed by atoms with Gasteiger partial charge in [-0.1, -0.05) is 20.8 Å². The Morgan fingerprint density at radius 1 is 1.05 bits per heavy atom. The van der Waals surface area contributed by atoms with Crippen molar-refractivity contribution >= 4 is 0 Å². The summed E-state index contributed by atoms with van der Waals surface area (Å²) < 4.78 is 39.3. The summed E-state index contributed by atoms with van der Waals surface area (Å²) in [7, 11) is 0. The predicted molar refractivity (Wildman–Crippen MR) is 74.5 cm³/mol. The smallest absolute Gasteiger partial charge is 0.236 e. The number of nitrogens with zero attached hydrogens (tertiary/aromatic N) is 3. The fraction of sp³-hybridized carbons (Fsp3) is 0.467. The van der Waals surface area contributed by atoms with Crippen LogP contribution < -0.4 is 0 Å². The molecule has 0 radical (unpaired) electrons. The highest BCUT2D eigenvalue weighted by molar-refractivity contribution is 5.37. The molecule has 0 unspecified atom stereocenters. The van der Waals surface area contributed by atoms with Crippen molar-refractivity contribution in [2.24, 2.45) is 0 Å². The van der Waals surface area contributed by atoms with E-state index < -0.39 is 11.7 Å². The standard InChI is InChI=1S/C15H18F3N3/c1-9-13(14(3,4)5)10(2)21(20-9)12-7-6-11(8-19-12)15(16,17)18/h6-8H,1-5H3.